The molecule has 0 saturated heterocycles. The fourth-order valence-corrected chi connectivity index (χ4v) is 2.59. The number of carbonyl (C=O) groups is 2. The van der Waals surface area contributed by atoms with Gasteiger partial charge in [-0.1, -0.05) is 18.2 Å². The number of rotatable bonds is 8. The van der Waals surface area contributed by atoms with Crippen molar-refractivity contribution in [1.29, 1.82) is 0 Å². The molecule has 0 amide bonds. The first kappa shape index (κ1) is 21.2. The fraction of sp³-hybridized carbons (Fsp3) is 0. The summed E-state index contributed by atoms with van der Waals surface area (Å²) in [5, 5.41) is 18.1. The van der Waals surface area contributed by atoms with E-state index < -0.39 is 11.9 Å². The molecule has 4 aromatic rings. The van der Waals surface area contributed by atoms with E-state index in [1.807, 2.05) is 6.07 Å². The van der Waals surface area contributed by atoms with Gasteiger partial charge in [0.2, 0.25) is 0 Å². The molecule has 164 valence electrons. The van der Waals surface area contributed by atoms with E-state index in [2.05, 4.69) is 15.0 Å². The predicted molar refractivity (Wildman–Crippen MR) is 113 cm³/mol. The molecule has 0 unspecified atom stereocenters. The van der Waals surface area contributed by atoms with Gasteiger partial charge in [0, 0.05) is 0 Å². The zero-order valence-corrected chi connectivity index (χ0v) is 16.8. The van der Waals surface area contributed by atoms with E-state index in [9.17, 15) is 9.59 Å². The Hall–Kier alpha value is -4.99. The second-order valence-electron chi connectivity index (χ2n) is 6.46. The molecule has 0 saturated carbocycles. The average Bonchev–Trinajstić information content (AvgIpc) is 2.80. The maximum atomic E-state index is 11.0. The highest BCUT2D eigenvalue weighted by Gasteiger charge is 2.14. The molecular weight excluding hydrogens is 430 g/mol. The van der Waals surface area contributed by atoms with Crippen LogP contribution in [0.4, 0.5) is 0 Å². The molecule has 1 aromatic heterocycles. The third kappa shape index (κ3) is 5.58. The van der Waals surface area contributed by atoms with Crippen LogP contribution in [0.2, 0.25) is 0 Å². The van der Waals surface area contributed by atoms with Crippen molar-refractivity contribution in [3.63, 3.8) is 0 Å². The number of hydrogen-bond acceptors (Lipinski definition) is 8. The SMILES string of the molecule is O=C(O)c1ccc(Oc2nc(Oc3ccccc3)nc(Oc3ccc(C(=O)O)cc3)n2)cc1. The first-order chi connectivity index (χ1) is 16.0. The topological polar surface area (TPSA) is 141 Å². The van der Waals surface area contributed by atoms with Crippen LogP contribution in [0.5, 0.6) is 35.3 Å². The Balaban J connectivity index is 1.62. The number of para-hydroxylation sites is 1. The van der Waals surface area contributed by atoms with Crippen LogP contribution < -0.4 is 14.2 Å². The summed E-state index contributed by atoms with van der Waals surface area (Å²) in [7, 11) is 0. The minimum absolute atomic E-state index is 0.0972. The lowest BCUT2D eigenvalue weighted by molar-refractivity contribution is 0.0686. The molecule has 0 radical (unpaired) electrons. The number of aromatic carboxylic acids is 2. The van der Waals surface area contributed by atoms with Crippen molar-refractivity contribution in [3.05, 3.63) is 90.0 Å². The Morgan fingerprint density at radius 2 is 0.848 bits per heavy atom. The van der Waals surface area contributed by atoms with Crippen LogP contribution in [0.3, 0.4) is 0 Å². The molecule has 0 bridgehead atoms. The molecule has 4 rings (SSSR count). The van der Waals surface area contributed by atoms with Crippen LogP contribution in [0.1, 0.15) is 20.7 Å². The summed E-state index contributed by atoms with van der Waals surface area (Å²) in [6.07, 6.45) is 0. The Kier molecular flexibility index (Phi) is 6.08. The van der Waals surface area contributed by atoms with Crippen molar-refractivity contribution in [2.24, 2.45) is 0 Å². The maximum absolute atomic E-state index is 11.0. The van der Waals surface area contributed by atoms with Crippen LogP contribution in [-0.4, -0.2) is 37.1 Å². The van der Waals surface area contributed by atoms with Gasteiger partial charge in [-0.25, -0.2) is 9.59 Å². The summed E-state index contributed by atoms with van der Waals surface area (Å²) in [6.45, 7) is 0. The predicted octanol–water partition coefficient (Wildman–Crippen LogP) is 4.64. The van der Waals surface area contributed by atoms with Gasteiger partial charge in [-0.05, 0) is 60.7 Å². The lowest BCUT2D eigenvalue weighted by Crippen LogP contribution is -2.02. The fourth-order valence-electron chi connectivity index (χ4n) is 2.59. The second kappa shape index (κ2) is 9.43. The monoisotopic (exact) mass is 445 g/mol. The van der Waals surface area contributed by atoms with Gasteiger partial charge in [-0.15, -0.1) is 15.0 Å². The van der Waals surface area contributed by atoms with Gasteiger partial charge in [0.1, 0.15) is 17.2 Å². The van der Waals surface area contributed by atoms with Crippen LogP contribution in [-0.2, 0) is 0 Å². The molecule has 10 heteroatoms. The van der Waals surface area contributed by atoms with E-state index in [-0.39, 0.29) is 40.7 Å². The lowest BCUT2D eigenvalue weighted by atomic mass is 10.2. The molecule has 3 aromatic carbocycles. The van der Waals surface area contributed by atoms with Crippen LogP contribution in [0.25, 0.3) is 0 Å². The highest BCUT2D eigenvalue weighted by Crippen LogP contribution is 2.27. The number of benzene rings is 3. The minimum Gasteiger partial charge on any atom is -0.478 e. The highest BCUT2D eigenvalue weighted by atomic mass is 16.5. The van der Waals surface area contributed by atoms with Gasteiger partial charge in [0.25, 0.3) is 0 Å². The first-order valence-corrected chi connectivity index (χ1v) is 9.48. The quantitative estimate of drug-likeness (QED) is 0.394. The molecule has 0 aliphatic rings. The smallest absolute Gasteiger partial charge is 0.335 e. The zero-order chi connectivity index (χ0) is 23.2. The van der Waals surface area contributed by atoms with Crippen molar-refractivity contribution in [1.82, 2.24) is 15.0 Å². The molecule has 33 heavy (non-hydrogen) atoms. The second-order valence-corrected chi connectivity index (χ2v) is 6.46. The lowest BCUT2D eigenvalue weighted by Gasteiger charge is -2.10. The van der Waals surface area contributed by atoms with Crippen LogP contribution in [0.15, 0.2) is 78.9 Å². The van der Waals surface area contributed by atoms with Crippen LogP contribution in [0, 0.1) is 0 Å². The Morgan fingerprint density at radius 3 is 1.18 bits per heavy atom. The molecule has 0 spiro atoms. The van der Waals surface area contributed by atoms with E-state index in [4.69, 9.17) is 24.4 Å². The number of aromatic nitrogens is 3. The summed E-state index contributed by atoms with van der Waals surface area (Å²) in [5.74, 6) is -1.09. The molecular formula is C23H15N3O7. The van der Waals surface area contributed by atoms with Crippen molar-refractivity contribution < 1.29 is 34.0 Å². The summed E-state index contributed by atoms with van der Waals surface area (Å²) < 4.78 is 16.9. The molecule has 1 heterocycles. The summed E-state index contributed by atoms with van der Waals surface area (Å²) in [6, 6.07) is 19.7. The third-order valence-corrected chi connectivity index (χ3v) is 4.15. The average molecular weight is 445 g/mol. The minimum atomic E-state index is -1.06. The van der Waals surface area contributed by atoms with E-state index in [1.54, 1.807) is 24.3 Å². The van der Waals surface area contributed by atoms with Gasteiger partial charge >= 0.3 is 30.0 Å². The number of hydrogen-bond donors (Lipinski definition) is 2. The summed E-state index contributed by atoms with van der Waals surface area (Å²) >= 11 is 0. The zero-order valence-electron chi connectivity index (χ0n) is 16.8. The van der Waals surface area contributed by atoms with Crippen molar-refractivity contribution in [2.45, 2.75) is 0 Å². The highest BCUT2D eigenvalue weighted by molar-refractivity contribution is 5.88. The molecule has 0 aliphatic carbocycles. The van der Waals surface area contributed by atoms with E-state index in [0.717, 1.165) is 0 Å². The van der Waals surface area contributed by atoms with E-state index in [1.165, 1.54) is 48.5 Å². The van der Waals surface area contributed by atoms with Crippen molar-refractivity contribution >= 4 is 11.9 Å². The maximum Gasteiger partial charge on any atom is 0.335 e. The summed E-state index contributed by atoms with van der Waals surface area (Å²) in [4.78, 5) is 34.4. The molecule has 10 nitrogen and oxygen atoms in total. The Labute approximate surface area is 186 Å². The standard InChI is InChI=1S/C23H15N3O7/c27-19(28)14-6-10-17(11-7-14)32-22-24-21(31-16-4-2-1-3-5-16)25-23(26-22)33-18-12-8-15(9-13-18)20(29)30/h1-13H,(H,27,28)(H,29,30). The number of carboxylic acids is 2. The van der Waals surface area contributed by atoms with Gasteiger partial charge in [0.05, 0.1) is 11.1 Å². The van der Waals surface area contributed by atoms with Gasteiger partial charge in [0.15, 0.2) is 0 Å². The Bertz CT molecular complexity index is 1200. The van der Waals surface area contributed by atoms with Gasteiger partial charge in [-0.3, -0.25) is 0 Å². The summed E-state index contributed by atoms with van der Waals surface area (Å²) in [5.41, 5.74) is 0.194. The van der Waals surface area contributed by atoms with Gasteiger partial charge in [-0.2, -0.15) is 0 Å². The van der Waals surface area contributed by atoms with E-state index >= 15 is 0 Å². The van der Waals surface area contributed by atoms with Crippen molar-refractivity contribution in [2.75, 3.05) is 0 Å². The van der Waals surface area contributed by atoms with Crippen LogP contribution >= 0.6 is 0 Å². The molecule has 0 fully saturated rings. The molecule has 2 N–H and O–H groups in total. The number of nitrogens with zero attached hydrogens (tertiary/aromatic N) is 3. The molecule has 0 aliphatic heterocycles. The number of carboxylic acid groups (broad SMARTS) is 2. The third-order valence-electron chi connectivity index (χ3n) is 4.15. The molecule has 0 atom stereocenters. The van der Waals surface area contributed by atoms with E-state index in [0.29, 0.717) is 5.75 Å². The normalized spacial score (nSPS) is 10.3. The Morgan fingerprint density at radius 1 is 0.515 bits per heavy atom. The first-order valence-electron chi connectivity index (χ1n) is 9.48. The van der Waals surface area contributed by atoms with Crippen molar-refractivity contribution in [3.8, 4) is 35.3 Å². The largest absolute Gasteiger partial charge is 0.478 e. The number of ether oxygens (including phenoxy) is 3. The van der Waals surface area contributed by atoms with Gasteiger partial charge < -0.3 is 24.4 Å².